The number of ketones is 1. The number of para-hydroxylation sites is 2. The molecule has 0 spiro atoms. The molecule has 1 aromatic carbocycles. The summed E-state index contributed by atoms with van der Waals surface area (Å²) >= 11 is 11.6. The molecule has 0 radical (unpaired) electrons. The van der Waals surface area contributed by atoms with E-state index in [1.165, 1.54) is 12.3 Å². The lowest BCUT2D eigenvalue weighted by Crippen LogP contribution is -2.33. The van der Waals surface area contributed by atoms with Crippen LogP contribution in [0.1, 0.15) is 32.1 Å². The number of hydrogen-bond acceptors (Lipinski definition) is 6. The van der Waals surface area contributed by atoms with Crippen LogP contribution in [0.5, 0.6) is 11.5 Å². The van der Waals surface area contributed by atoms with Gasteiger partial charge >= 0.3 is 5.97 Å². The number of rotatable bonds is 6. The summed E-state index contributed by atoms with van der Waals surface area (Å²) in [5, 5.41) is 0.218. The molecule has 9 heteroatoms. The van der Waals surface area contributed by atoms with Crippen molar-refractivity contribution in [2.75, 3.05) is 13.2 Å². The summed E-state index contributed by atoms with van der Waals surface area (Å²) in [6.07, 6.45) is 1.05. The van der Waals surface area contributed by atoms with Gasteiger partial charge in [-0.15, -0.1) is 0 Å². The van der Waals surface area contributed by atoms with Crippen molar-refractivity contribution in [3.8, 4) is 11.5 Å². The Morgan fingerprint density at radius 3 is 2.69 bits per heavy atom. The van der Waals surface area contributed by atoms with Crippen molar-refractivity contribution < 1.29 is 23.8 Å². The number of fused-ring (bicyclic) bond motifs is 1. The number of nitrogens with zero attached hydrogens (tertiary/aromatic N) is 2. The van der Waals surface area contributed by atoms with Crippen LogP contribution in [0, 0.1) is 13.8 Å². The van der Waals surface area contributed by atoms with Gasteiger partial charge in [-0.05, 0) is 38.1 Å². The zero-order valence-electron chi connectivity index (χ0n) is 17.4. The minimum absolute atomic E-state index is 0.0857. The van der Waals surface area contributed by atoms with Gasteiger partial charge in [-0.3, -0.25) is 4.79 Å². The highest BCUT2D eigenvalue weighted by molar-refractivity contribution is 6.41. The third-order valence-electron chi connectivity index (χ3n) is 5.19. The van der Waals surface area contributed by atoms with Crippen LogP contribution >= 0.6 is 23.2 Å². The van der Waals surface area contributed by atoms with E-state index in [-0.39, 0.29) is 27.6 Å². The summed E-state index contributed by atoms with van der Waals surface area (Å²) in [6, 6.07) is 10.6. The number of pyridine rings is 1. The number of ether oxygens (including phenoxy) is 3. The number of carbonyl (C=O) groups excluding carboxylic acids is 2. The zero-order chi connectivity index (χ0) is 22.8. The highest BCUT2D eigenvalue weighted by Gasteiger charge is 2.24. The molecular weight excluding hydrogens is 455 g/mol. The summed E-state index contributed by atoms with van der Waals surface area (Å²) in [4.78, 5) is 28.8. The molecule has 0 saturated carbocycles. The first kappa shape index (κ1) is 22.2. The third kappa shape index (κ3) is 4.59. The number of esters is 1. The van der Waals surface area contributed by atoms with E-state index in [1.807, 2.05) is 42.7 Å². The van der Waals surface area contributed by atoms with Crippen LogP contribution in [0.3, 0.4) is 0 Å². The standard InChI is InChI=1S/C23H20Cl2N2O5/c1-13-7-17(19(28)12-31-23(29)15-8-18(24)22(25)26-9-15)14(2)27(13)10-16-11-30-20-5-3-4-6-21(20)32-16/h3-9,16H,10-12H2,1-2H3/t16-/m0/s1. The highest BCUT2D eigenvalue weighted by Crippen LogP contribution is 2.31. The summed E-state index contributed by atoms with van der Waals surface area (Å²) in [5.74, 6) is 0.410. The largest absolute Gasteiger partial charge is 0.486 e. The van der Waals surface area contributed by atoms with Gasteiger partial charge in [0, 0.05) is 23.1 Å². The normalized spacial score (nSPS) is 14.8. The lowest BCUT2D eigenvalue weighted by Gasteiger charge is -2.27. The smallest absolute Gasteiger partial charge is 0.340 e. The molecule has 0 fully saturated rings. The van der Waals surface area contributed by atoms with Crippen molar-refractivity contribution in [3.05, 3.63) is 75.3 Å². The average Bonchev–Trinajstić information content (AvgIpc) is 3.07. The second kappa shape index (κ2) is 9.22. The number of carbonyl (C=O) groups is 2. The van der Waals surface area contributed by atoms with E-state index in [4.69, 9.17) is 37.4 Å². The Morgan fingerprint density at radius 1 is 1.19 bits per heavy atom. The Labute approximate surface area is 194 Å². The summed E-state index contributed by atoms with van der Waals surface area (Å²) < 4.78 is 19.0. The maximum absolute atomic E-state index is 12.7. The molecular formula is C23H20Cl2N2O5. The van der Waals surface area contributed by atoms with Crippen LogP contribution in [0.15, 0.2) is 42.6 Å². The Balaban J connectivity index is 1.41. The summed E-state index contributed by atoms with van der Waals surface area (Å²) in [7, 11) is 0. The van der Waals surface area contributed by atoms with E-state index in [0.717, 1.165) is 17.1 Å². The summed E-state index contributed by atoms with van der Waals surface area (Å²) in [6.45, 7) is 4.29. The molecule has 0 aliphatic carbocycles. The molecule has 0 amide bonds. The SMILES string of the molecule is Cc1cc(C(=O)COC(=O)c2cnc(Cl)c(Cl)c2)c(C)n1C[C@H]1COc2ccccc2O1. The molecule has 0 saturated heterocycles. The van der Waals surface area contributed by atoms with Gasteiger partial charge in [-0.2, -0.15) is 0 Å². The van der Waals surface area contributed by atoms with Crippen LogP contribution in [0.25, 0.3) is 0 Å². The van der Waals surface area contributed by atoms with Crippen LogP contribution < -0.4 is 9.47 Å². The van der Waals surface area contributed by atoms with Crippen molar-refractivity contribution in [2.45, 2.75) is 26.5 Å². The van der Waals surface area contributed by atoms with E-state index in [9.17, 15) is 9.59 Å². The molecule has 0 unspecified atom stereocenters. The molecule has 1 aliphatic rings. The topological polar surface area (TPSA) is 79.7 Å². The monoisotopic (exact) mass is 474 g/mol. The third-order valence-corrected chi connectivity index (χ3v) is 5.88. The Kier molecular flexibility index (Phi) is 6.39. The molecule has 0 bridgehead atoms. The van der Waals surface area contributed by atoms with Gasteiger partial charge < -0.3 is 18.8 Å². The summed E-state index contributed by atoms with van der Waals surface area (Å²) in [5.41, 5.74) is 2.27. The first-order valence-corrected chi connectivity index (χ1v) is 10.7. The van der Waals surface area contributed by atoms with E-state index < -0.39 is 12.6 Å². The minimum Gasteiger partial charge on any atom is -0.486 e. The predicted molar refractivity (Wildman–Crippen MR) is 119 cm³/mol. The molecule has 0 N–H and O–H groups in total. The number of aromatic nitrogens is 2. The van der Waals surface area contributed by atoms with Gasteiger partial charge in [-0.25, -0.2) is 9.78 Å². The maximum atomic E-state index is 12.7. The van der Waals surface area contributed by atoms with Crippen molar-refractivity contribution in [2.24, 2.45) is 0 Å². The molecule has 1 atom stereocenters. The Bertz CT molecular complexity index is 1190. The van der Waals surface area contributed by atoms with E-state index in [1.54, 1.807) is 6.07 Å². The van der Waals surface area contributed by atoms with Crippen molar-refractivity contribution in [1.82, 2.24) is 9.55 Å². The first-order chi connectivity index (χ1) is 15.3. The lowest BCUT2D eigenvalue weighted by atomic mass is 10.1. The van der Waals surface area contributed by atoms with Crippen LogP contribution in [0.4, 0.5) is 0 Å². The van der Waals surface area contributed by atoms with Crippen LogP contribution in [0.2, 0.25) is 10.2 Å². The second-order valence-electron chi connectivity index (χ2n) is 7.39. The molecule has 2 aromatic heterocycles. The van der Waals surface area contributed by atoms with Gasteiger partial charge in [0.1, 0.15) is 11.8 Å². The molecule has 3 heterocycles. The van der Waals surface area contributed by atoms with Crippen LogP contribution in [-0.2, 0) is 11.3 Å². The average molecular weight is 475 g/mol. The Morgan fingerprint density at radius 2 is 1.94 bits per heavy atom. The Hall–Kier alpha value is -3.03. The number of benzene rings is 1. The van der Waals surface area contributed by atoms with Gasteiger partial charge in [-0.1, -0.05) is 35.3 Å². The van der Waals surface area contributed by atoms with E-state index in [0.29, 0.717) is 24.5 Å². The van der Waals surface area contributed by atoms with Gasteiger partial charge in [0.2, 0.25) is 5.78 Å². The quantitative estimate of drug-likeness (QED) is 0.293. The molecule has 3 aromatic rings. The highest BCUT2D eigenvalue weighted by atomic mass is 35.5. The maximum Gasteiger partial charge on any atom is 0.340 e. The molecule has 4 rings (SSSR count). The number of Topliss-reactive ketones (excluding diaryl/α,β-unsaturated/α-hetero) is 1. The van der Waals surface area contributed by atoms with Crippen LogP contribution in [-0.4, -0.2) is 40.6 Å². The van der Waals surface area contributed by atoms with Gasteiger partial charge in [0.25, 0.3) is 0 Å². The fourth-order valence-corrected chi connectivity index (χ4v) is 3.82. The second-order valence-corrected chi connectivity index (χ2v) is 8.15. The van der Waals surface area contributed by atoms with Gasteiger partial charge in [0.05, 0.1) is 17.1 Å². The van der Waals surface area contributed by atoms with Gasteiger partial charge in [0.15, 0.2) is 24.2 Å². The number of aryl methyl sites for hydroxylation is 1. The minimum atomic E-state index is -0.704. The van der Waals surface area contributed by atoms with Crippen molar-refractivity contribution in [3.63, 3.8) is 0 Å². The molecule has 7 nitrogen and oxygen atoms in total. The van der Waals surface area contributed by atoms with Crippen molar-refractivity contribution in [1.29, 1.82) is 0 Å². The van der Waals surface area contributed by atoms with Crippen molar-refractivity contribution >= 4 is 35.0 Å². The number of hydrogen-bond donors (Lipinski definition) is 0. The van der Waals surface area contributed by atoms with E-state index >= 15 is 0 Å². The predicted octanol–water partition coefficient (Wildman–Crippen LogP) is 4.69. The molecule has 32 heavy (non-hydrogen) atoms. The molecule has 166 valence electrons. The first-order valence-electron chi connectivity index (χ1n) is 9.90. The molecule has 1 aliphatic heterocycles. The zero-order valence-corrected chi connectivity index (χ0v) is 18.9. The number of halogens is 2. The van der Waals surface area contributed by atoms with E-state index in [2.05, 4.69) is 4.98 Å². The fraction of sp³-hybridized carbons (Fsp3) is 0.261. The lowest BCUT2D eigenvalue weighted by molar-refractivity contribution is 0.0474. The fourth-order valence-electron chi connectivity index (χ4n) is 3.55.